The second kappa shape index (κ2) is 7.17. The van der Waals surface area contributed by atoms with Crippen LogP contribution in [0.15, 0.2) is 67.6 Å². The van der Waals surface area contributed by atoms with Crippen LogP contribution in [0.25, 0.3) is 11.0 Å². The summed E-state index contributed by atoms with van der Waals surface area (Å²) in [5.74, 6) is -0.0926. The van der Waals surface area contributed by atoms with Gasteiger partial charge in [-0.2, -0.15) is 0 Å². The topological polar surface area (TPSA) is 115 Å². The number of nitrogens with zero attached hydrogens (tertiary/aromatic N) is 1. The van der Waals surface area contributed by atoms with E-state index in [9.17, 15) is 18.0 Å². The third-order valence-electron chi connectivity index (χ3n) is 4.40. The van der Waals surface area contributed by atoms with Gasteiger partial charge in [-0.25, -0.2) is 13.2 Å². The number of rotatable bonds is 4. The molecule has 1 aromatic heterocycles. The van der Waals surface area contributed by atoms with Crippen LogP contribution in [0.2, 0.25) is 0 Å². The number of amidine groups is 1. The van der Waals surface area contributed by atoms with Crippen LogP contribution >= 0.6 is 0 Å². The number of fused-ring (bicyclic) bond motifs is 2. The zero-order chi connectivity index (χ0) is 20.6. The van der Waals surface area contributed by atoms with Crippen molar-refractivity contribution >= 4 is 32.8 Å². The van der Waals surface area contributed by atoms with Crippen molar-refractivity contribution in [2.45, 2.75) is 18.2 Å². The number of aliphatic imine (C=N–C) groups is 1. The first-order valence-corrected chi connectivity index (χ1v) is 10.2. The molecule has 3 aromatic rings. The van der Waals surface area contributed by atoms with Crippen molar-refractivity contribution in [1.82, 2.24) is 4.72 Å². The van der Waals surface area contributed by atoms with Crippen LogP contribution in [-0.4, -0.2) is 26.8 Å². The molecule has 2 heterocycles. The fourth-order valence-electron chi connectivity index (χ4n) is 3.06. The summed E-state index contributed by atoms with van der Waals surface area (Å²) in [7, 11) is -3.61. The maximum Gasteiger partial charge on any atom is 0.336 e. The first-order chi connectivity index (χ1) is 13.8. The molecule has 1 N–H and O–H groups in total. The summed E-state index contributed by atoms with van der Waals surface area (Å²) in [5.41, 5.74) is 1.09. The van der Waals surface area contributed by atoms with Crippen LogP contribution in [0.4, 0.5) is 0 Å². The Morgan fingerprint density at radius 2 is 1.97 bits per heavy atom. The Kier molecular flexibility index (Phi) is 4.67. The molecule has 148 valence electrons. The van der Waals surface area contributed by atoms with Gasteiger partial charge in [0.25, 0.3) is 10.0 Å². The van der Waals surface area contributed by atoms with E-state index < -0.39 is 21.6 Å². The third-order valence-corrected chi connectivity index (χ3v) is 5.80. The lowest BCUT2D eigenvalue weighted by molar-refractivity contribution is -0.134. The SMILES string of the molecule is Cc1cc(=O)oc2cc(OC(=O)CCN=C3NS(=O)(=O)c4ccccc43)ccc12. The minimum atomic E-state index is -3.61. The first-order valence-electron chi connectivity index (χ1n) is 8.75. The van der Waals surface area contributed by atoms with Gasteiger partial charge in [-0.1, -0.05) is 12.1 Å². The number of hydrogen-bond acceptors (Lipinski definition) is 7. The quantitative estimate of drug-likeness (QED) is 0.399. The molecule has 0 aliphatic carbocycles. The second-order valence-electron chi connectivity index (χ2n) is 6.46. The molecule has 2 aromatic carbocycles. The zero-order valence-corrected chi connectivity index (χ0v) is 16.2. The van der Waals surface area contributed by atoms with Crippen molar-refractivity contribution in [3.63, 3.8) is 0 Å². The van der Waals surface area contributed by atoms with Crippen LogP contribution < -0.4 is 15.1 Å². The number of hydrogen-bond donors (Lipinski definition) is 1. The van der Waals surface area contributed by atoms with E-state index in [0.717, 1.165) is 10.9 Å². The molecular formula is C20H16N2O6S. The Morgan fingerprint density at radius 1 is 1.17 bits per heavy atom. The van der Waals surface area contributed by atoms with Gasteiger partial charge in [0.05, 0.1) is 17.9 Å². The summed E-state index contributed by atoms with van der Waals surface area (Å²) in [4.78, 5) is 27.9. The number of esters is 1. The van der Waals surface area contributed by atoms with E-state index in [-0.39, 0.29) is 29.4 Å². The highest BCUT2D eigenvalue weighted by molar-refractivity contribution is 7.90. The number of carbonyl (C=O) groups is 1. The average molecular weight is 412 g/mol. The number of nitrogens with one attached hydrogen (secondary N) is 1. The predicted molar refractivity (Wildman–Crippen MR) is 106 cm³/mol. The Labute approximate surface area is 165 Å². The summed E-state index contributed by atoms with van der Waals surface area (Å²) in [6.07, 6.45) is -0.0524. The lowest BCUT2D eigenvalue weighted by atomic mass is 10.1. The minimum absolute atomic E-state index is 0.0484. The molecule has 1 aliphatic heterocycles. The molecule has 29 heavy (non-hydrogen) atoms. The number of carbonyl (C=O) groups excluding carboxylic acids is 1. The molecule has 4 rings (SSSR count). The van der Waals surface area contributed by atoms with Crippen molar-refractivity contribution in [2.24, 2.45) is 4.99 Å². The third kappa shape index (κ3) is 3.77. The summed E-state index contributed by atoms with van der Waals surface area (Å²) in [6.45, 7) is 1.84. The highest BCUT2D eigenvalue weighted by Gasteiger charge is 2.29. The average Bonchev–Trinajstić information content (AvgIpc) is 2.92. The van der Waals surface area contributed by atoms with E-state index in [4.69, 9.17) is 9.15 Å². The van der Waals surface area contributed by atoms with Crippen molar-refractivity contribution < 1.29 is 22.4 Å². The molecule has 0 atom stereocenters. The Balaban J connectivity index is 1.44. The Morgan fingerprint density at radius 3 is 2.79 bits per heavy atom. The Bertz CT molecular complexity index is 1320. The van der Waals surface area contributed by atoms with Crippen LogP contribution in [0.3, 0.4) is 0 Å². The molecule has 1 aliphatic rings. The van der Waals surface area contributed by atoms with Gasteiger partial charge in [0.15, 0.2) is 0 Å². The second-order valence-corrected chi connectivity index (χ2v) is 8.11. The molecule has 0 fully saturated rings. The van der Waals surface area contributed by atoms with Gasteiger partial charge in [0.1, 0.15) is 17.2 Å². The van der Waals surface area contributed by atoms with E-state index in [1.54, 1.807) is 37.3 Å². The standard InChI is InChI=1S/C20H16N2O6S/c1-12-10-19(24)28-16-11-13(6-7-14(12)16)27-18(23)8-9-21-20-15-4-2-3-5-17(15)29(25,26)22-20/h2-7,10-11H,8-9H2,1H3,(H,21,22). The molecule has 0 spiro atoms. The summed E-state index contributed by atoms with van der Waals surface area (Å²) < 4.78 is 36.9. The lowest BCUT2D eigenvalue weighted by Gasteiger charge is -2.06. The smallest absolute Gasteiger partial charge is 0.336 e. The maximum atomic E-state index is 12.1. The molecule has 0 unspecified atom stereocenters. The molecule has 9 heteroatoms. The fourth-order valence-corrected chi connectivity index (χ4v) is 4.31. The van der Waals surface area contributed by atoms with Crippen molar-refractivity contribution in [1.29, 1.82) is 0 Å². The summed E-state index contributed by atoms with van der Waals surface area (Å²) >= 11 is 0. The number of aryl methyl sites for hydroxylation is 1. The molecular weight excluding hydrogens is 396 g/mol. The monoisotopic (exact) mass is 412 g/mol. The summed E-state index contributed by atoms with van der Waals surface area (Å²) in [5, 5.41) is 0.753. The van der Waals surface area contributed by atoms with E-state index in [0.29, 0.717) is 11.1 Å². The first kappa shape index (κ1) is 18.9. The minimum Gasteiger partial charge on any atom is -0.426 e. The summed E-state index contributed by atoms with van der Waals surface area (Å²) in [6, 6.07) is 12.7. The van der Waals surface area contributed by atoms with Crippen molar-refractivity contribution in [3.8, 4) is 5.75 Å². The van der Waals surface area contributed by atoms with Gasteiger partial charge < -0.3 is 9.15 Å². The highest BCUT2D eigenvalue weighted by Crippen LogP contribution is 2.23. The number of sulfonamides is 1. The maximum absolute atomic E-state index is 12.1. The van der Waals surface area contributed by atoms with Crippen molar-refractivity contribution in [3.05, 3.63) is 70.1 Å². The Hall–Kier alpha value is -3.46. The molecule has 0 saturated carbocycles. The van der Waals surface area contributed by atoms with Crippen LogP contribution in [0.1, 0.15) is 17.5 Å². The fraction of sp³-hybridized carbons (Fsp3) is 0.150. The van der Waals surface area contributed by atoms with Crippen LogP contribution in [-0.2, 0) is 14.8 Å². The van der Waals surface area contributed by atoms with Crippen molar-refractivity contribution in [2.75, 3.05) is 6.54 Å². The molecule has 8 nitrogen and oxygen atoms in total. The van der Waals surface area contributed by atoms with Gasteiger partial charge in [-0.3, -0.25) is 14.5 Å². The highest BCUT2D eigenvalue weighted by atomic mass is 32.2. The lowest BCUT2D eigenvalue weighted by Crippen LogP contribution is -2.22. The van der Waals surface area contributed by atoms with E-state index in [2.05, 4.69) is 9.71 Å². The number of benzene rings is 2. The largest absolute Gasteiger partial charge is 0.426 e. The predicted octanol–water partition coefficient (Wildman–Crippen LogP) is 2.14. The van der Waals surface area contributed by atoms with E-state index >= 15 is 0 Å². The van der Waals surface area contributed by atoms with Crippen LogP contribution in [0, 0.1) is 6.92 Å². The zero-order valence-electron chi connectivity index (χ0n) is 15.3. The molecule has 0 amide bonds. The van der Waals surface area contributed by atoms with Gasteiger partial charge in [0.2, 0.25) is 0 Å². The molecule has 0 radical (unpaired) electrons. The van der Waals surface area contributed by atoms with Gasteiger partial charge in [-0.15, -0.1) is 0 Å². The molecule has 0 bridgehead atoms. The van der Waals surface area contributed by atoms with E-state index in [1.807, 2.05) is 0 Å². The van der Waals surface area contributed by atoms with Gasteiger partial charge in [0, 0.05) is 23.1 Å². The van der Waals surface area contributed by atoms with Gasteiger partial charge >= 0.3 is 11.6 Å². The van der Waals surface area contributed by atoms with Gasteiger partial charge in [-0.05, 0) is 36.8 Å². The van der Waals surface area contributed by atoms with Crippen LogP contribution in [0.5, 0.6) is 5.75 Å². The van der Waals surface area contributed by atoms with E-state index in [1.165, 1.54) is 18.2 Å². The molecule has 0 saturated heterocycles. The number of ether oxygens (including phenoxy) is 1. The normalized spacial score (nSPS) is 15.8.